The van der Waals surface area contributed by atoms with Crippen molar-refractivity contribution in [3.8, 4) is 5.75 Å². The van der Waals surface area contributed by atoms with Crippen LogP contribution in [0.4, 0.5) is 0 Å². The molecule has 0 amide bonds. The van der Waals surface area contributed by atoms with E-state index >= 15 is 0 Å². The molecule has 0 atom stereocenters. The number of oxime groups is 1. The number of benzene rings is 2. The van der Waals surface area contributed by atoms with Gasteiger partial charge in [-0.2, -0.15) is 0 Å². The highest BCUT2D eigenvalue weighted by molar-refractivity contribution is 14.1. The van der Waals surface area contributed by atoms with Crippen molar-refractivity contribution in [2.75, 3.05) is 6.61 Å². The average Bonchev–Trinajstić information content (AvgIpc) is 2.63. The molecule has 3 rings (SSSR count). The Labute approximate surface area is 177 Å². The van der Waals surface area contributed by atoms with Crippen LogP contribution < -0.4 is 4.74 Å². The number of ether oxygens (including phenoxy) is 1. The van der Waals surface area contributed by atoms with Crippen molar-refractivity contribution in [3.63, 3.8) is 0 Å². The first-order valence-corrected chi connectivity index (χ1v) is 10.2. The SMILES string of the molecule is ClC(Cl)=CCOc1cccc2c1CCC/C2=N\OCc1ccc(I)cc1. The van der Waals surface area contributed by atoms with Gasteiger partial charge in [-0.1, -0.05) is 52.6 Å². The van der Waals surface area contributed by atoms with E-state index in [0.29, 0.717) is 13.2 Å². The van der Waals surface area contributed by atoms with E-state index in [0.717, 1.165) is 47.4 Å². The van der Waals surface area contributed by atoms with E-state index < -0.39 is 0 Å². The van der Waals surface area contributed by atoms with Crippen molar-refractivity contribution in [1.82, 2.24) is 0 Å². The second-order valence-corrected chi connectivity index (χ2v) is 8.13. The topological polar surface area (TPSA) is 30.8 Å². The summed E-state index contributed by atoms with van der Waals surface area (Å²) in [6.45, 7) is 0.805. The van der Waals surface area contributed by atoms with Crippen molar-refractivity contribution in [2.45, 2.75) is 25.9 Å². The van der Waals surface area contributed by atoms with Gasteiger partial charge in [-0.25, -0.2) is 0 Å². The minimum Gasteiger partial charge on any atom is -0.489 e. The van der Waals surface area contributed by atoms with Crippen molar-refractivity contribution in [2.24, 2.45) is 5.16 Å². The molecule has 3 nitrogen and oxygen atoms in total. The summed E-state index contributed by atoms with van der Waals surface area (Å²) in [5.74, 6) is 0.846. The molecule has 0 saturated heterocycles. The fourth-order valence-corrected chi connectivity index (χ4v) is 3.34. The Bertz CT molecular complexity index is 815. The van der Waals surface area contributed by atoms with E-state index in [1.54, 1.807) is 6.08 Å². The summed E-state index contributed by atoms with van der Waals surface area (Å²) in [5, 5.41) is 4.40. The van der Waals surface area contributed by atoms with Crippen molar-refractivity contribution in [3.05, 3.63) is 73.3 Å². The summed E-state index contributed by atoms with van der Waals surface area (Å²) >= 11 is 13.6. The molecule has 6 heteroatoms. The Morgan fingerprint density at radius 3 is 2.69 bits per heavy atom. The Kier molecular flexibility index (Phi) is 7.23. The van der Waals surface area contributed by atoms with Crippen LogP contribution in [0.3, 0.4) is 0 Å². The molecule has 26 heavy (non-hydrogen) atoms. The largest absolute Gasteiger partial charge is 0.489 e. The van der Waals surface area contributed by atoms with Crippen LogP contribution >= 0.6 is 45.8 Å². The quantitative estimate of drug-likeness (QED) is 0.346. The molecule has 2 aromatic carbocycles. The van der Waals surface area contributed by atoms with Crippen LogP contribution in [0.15, 0.2) is 58.2 Å². The van der Waals surface area contributed by atoms with Crippen molar-refractivity contribution in [1.29, 1.82) is 0 Å². The lowest BCUT2D eigenvalue weighted by Crippen LogP contribution is -2.14. The summed E-state index contributed by atoms with van der Waals surface area (Å²) in [7, 11) is 0. The molecular weight excluding hydrogens is 484 g/mol. The number of hydrogen-bond donors (Lipinski definition) is 0. The standard InChI is InChI=1S/C20H18Cl2INO2/c21-20(22)11-12-25-19-6-2-3-16-17(19)4-1-5-18(16)24-26-13-14-7-9-15(23)10-8-14/h2-3,6-11H,1,4-5,12-13H2/b24-18+. The highest BCUT2D eigenvalue weighted by Gasteiger charge is 2.19. The maximum atomic E-state index is 5.81. The van der Waals surface area contributed by atoms with Crippen molar-refractivity contribution < 1.29 is 9.57 Å². The number of rotatable bonds is 6. The minimum atomic E-state index is 0.209. The van der Waals surface area contributed by atoms with Crippen LogP contribution in [-0.2, 0) is 17.9 Å². The van der Waals surface area contributed by atoms with E-state index in [1.807, 2.05) is 12.1 Å². The smallest absolute Gasteiger partial charge is 0.142 e. The van der Waals surface area contributed by atoms with Crippen molar-refractivity contribution >= 4 is 51.5 Å². The van der Waals surface area contributed by atoms with Crippen LogP contribution in [0.5, 0.6) is 5.75 Å². The summed E-state index contributed by atoms with van der Waals surface area (Å²) < 4.78 is 7.22. The zero-order chi connectivity index (χ0) is 18.4. The lowest BCUT2D eigenvalue weighted by molar-refractivity contribution is 0.130. The van der Waals surface area contributed by atoms with Gasteiger partial charge in [0.2, 0.25) is 0 Å². The third-order valence-electron chi connectivity index (χ3n) is 4.08. The van der Waals surface area contributed by atoms with Gasteiger partial charge >= 0.3 is 0 Å². The van der Waals surface area contributed by atoms with Crippen LogP contribution in [0.2, 0.25) is 0 Å². The minimum absolute atomic E-state index is 0.209. The highest BCUT2D eigenvalue weighted by atomic mass is 127. The van der Waals surface area contributed by atoms with E-state index in [1.165, 1.54) is 3.57 Å². The van der Waals surface area contributed by atoms with Gasteiger partial charge in [0.25, 0.3) is 0 Å². The molecule has 0 spiro atoms. The molecule has 1 aliphatic rings. The predicted octanol–water partition coefficient (Wildman–Crippen LogP) is 6.25. The number of nitrogens with zero attached hydrogens (tertiary/aromatic N) is 1. The van der Waals surface area contributed by atoms with Crippen LogP contribution in [-0.4, -0.2) is 12.3 Å². The van der Waals surface area contributed by atoms with Crippen LogP contribution in [0.25, 0.3) is 0 Å². The molecule has 0 saturated carbocycles. The molecule has 0 bridgehead atoms. The number of hydrogen-bond acceptors (Lipinski definition) is 3. The second kappa shape index (κ2) is 9.62. The molecule has 0 radical (unpaired) electrons. The van der Waals surface area contributed by atoms with Gasteiger partial charge in [0.15, 0.2) is 0 Å². The third kappa shape index (κ3) is 5.38. The number of fused-ring (bicyclic) bond motifs is 1. The maximum absolute atomic E-state index is 5.81. The predicted molar refractivity (Wildman–Crippen MR) is 115 cm³/mol. The van der Waals surface area contributed by atoms with Crippen LogP contribution in [0, 0.1) is 3.57 Å². The van der Waals surface area contributed by atoms with E-state index in [9.17, 15) is 0 Å². The van der Waals surface area contributed by atoms with Gasteiger partial charge in [-0.15, -0.1) is 0 Å². The molecule has 0 unspecified atom stereocenters. The lowest BCUT2D eigenvalue weighted by Gasteiger charge is -2.20. The molecule has 0 heterocycles. The first kappa shape index (κ1) is 19.5. The van der Waals surface area contributed by atoms with E-state index in [4.69, 9.17) is 32.8 Å². The summed E-state index contributed by atoms with van der Waals surface area (Å²) in [6.07, 6.45) is 4.51. The summed E-state index contributed by atoms with van der Waals surface area (Å²) in [4.78, 5) is 5.61. The molecule has 2 aromatic rings. The Morgan fingerprint density at radius 2 is 1.92 bits per heavy atom. The third-order valence-corrected chi connectivity index (χ3v) is 5.11. The van der Waals surface area contributed by atoms with Gasteiger partial charge in [0, 0.05) is 14.7 Å². The lowest BCUT2D eigenvalue weighted by atomic mass is 9.89. The monoisotopic (exact) mass is 501 g/mol. The normalized spacial score (nSPS) is 14.7. The van der Waals surface area contributed by atoms with Gasteiger partial charge in [0.1, 0.15) is 23.5 Å². The second-order valence-electron chi connectivity index (χ2n) is 5.88. The summed E-state index contributed by atoms with van der Waals surface area (Å²) in [5.41, 5.74) is 4.33. The van der Waals surface area contributed by atoms with E-state index in [2.05, 4.69) is 58.1 Å². The highest BCUT2D eigenvalue weighted by Crippen LogP contribution is 2.30. The molecule has 0 aromatic heterocycles. The Morgan fingerprint density at radius 1 is 1.12 bits per heavy atom. The average molecular weight is 502 g/mol. The summed E-state index contributed by atoms with van der Waals surface area (Å²) in [6, 6.07) is 14.2. The zero-order valence-corrected chi connectivity index (χ0v) is 17.7. The number of halogens is 3. The Hall–Kier alpha value is -1.24. The van der Waals surface area contributed by atoms with Gasteiger partial charge in [0.05, 0.1) is 5.71 Å². The molecule has 0 aliphatic heterocycles. The van der Waals surface area contributed by atoms with E-state index in [-0.39, 0.29) is 4.49 Å². The molecule has 136 valence electrons. The molecule has 1 aliphatic carbocycles. The van der Waals surface area contributed by atoms with Crippen LogP contribution in [0.1, 0.15) is 29.5 Å². The fourth-order valence-electron chi connectivity index (χ4n) is 2.85. The zero-order valence-electron chi connectivity index (χ0n) is 14.1. The fraction of sp³-hybridized carbons (Fsp3) is 0.250. The molecular formula is C20H18Cl2INO2. The molecule has 0 N–H and O–H groups in total. The Balaban J connectivity index is 1.71. The van der Waals surface area contributed by atoms with Gasteiger partial charge in [-0.3, -0.25) is 0 Å². The molecule has 0 fully saturated rings. The van der Waals surface area contributed by atoms with Gasteiger partial charge < -0.3 is 9.57 Å². The first-order chi connectivity index (χ1) is 12.6. The maximum Gasteiger partial charge on any atom is 0.142 e. The first-order valence-electron chi connectivity index (χ1n) is 8.33. The van der Waals surface area contributed by atoms with Gasteiger partial charge in [-0.05, 0) is 71.7 Å².